The molecule has 0 aliphatic carbocycles. The van der Waals surface area contributed by atoms with E-state index in [1.807, 2.05) is 18.2 Å². The predicted octanol–water partition coefficient (Wildman–Crippen LogP) is 2.43. The Morgan fingerprint density at radius 2 is 1.95 bits per heavy atom. The number of carbonyl (C=O) groups is 1. The van der Waals surface area contributed by atoms with Gasteiger partial charge < -0.3 is 15.2 Å². The molecule has 2 aliphatic rings. The van der Waals surface area contributed by atoms with Gasteiger partial charge in [0.05, 0.1) is 5.60 Å². The highest BCUT2D eigenvalue weighted by molar-refractivity contribution is 6.02. The molecule has 0 saturated carbocycles. The van der Waals surface area contributed by atoms with Crippen molar-refractivity contribution in [2.24, 2.45) is 5.92 Å². The highest BCUT2D eigenvalue weighted by Crippen LogP contribution is 2.38. The summed E-state index contributed by atoms with van der Waals surface area (Å²) in [5.41, 5.74) is 7.00. The first-order valence-electron chi connectivity index (χ1n) is 7.31. The van der Waals surface area contributed by atoms with Crippen LogP contribution in [-0.4, -0.2) is 31.2 Å². The number of Topliss-reactive ketones (excluding diaryl/α,β-unsaturated/α-hetero) is 1. The topological polar surface area (TPSA) is 61.6 Å². The van der Waals surface area contributed by atoms with E-state index in [2.05, 4.69) is 0 Å². The van der Waals surface area contributed by atoms with E-state index in [0.29, 0.717) is 17.9 Å². The van der Waals surface area contributed by atoms with E-state index in [-0.39, 0.29) is 17.3 Å². The van der Waals surface area contributed by atoms with E-state index in [1.165, 1.54) is 0 Å². The largest absolute Gasteiger partial charge is 0.398 e. The fourth-order valence-electron chi connectivity index (χ4n) is 3.28. The SMILES string of the molecule is Nc1ccccc1C(=O)C1CCOC2(CCOCC2)C1. The fraction of sp³-hybridized carbons (Fsp3) is 0.562. The molecular formula is C16H21NO3. The standard InChI is InChI=1S/C16H21NO3/c17-14-4-2-1-3-13(14)15(18)12-5-8-20-16(11-12)6-9-19-10-7-16/h1-4,12H,5-11,17H2. The molecule has 2 heterocycles. The molecule has 20 heavy (non-hydrogen) atoms. The molecule has 0 aromatic heterocycles. The molecule has 1 aromatic rings. The molecule has 2 N–H and O–H groups in total. The smallest absolute Gasteiger partial charge is 0.168 e. The van der Waals surface area contributed by atoms with Crippen molar-refractivity contribution in [2.45, 2.75) is 31.3 Å². The second kappa shape index (κ2) is 5.54. The molecule has 1 aromatic carbocycles. The summed E-state index contributed by atoms with van der Waals surface area (Å²) in [4.78, 5) is 12.7. The van der Waals surface area contributed by atoms with Crippen molar-refractivity contribution in [1.82, 2.24) is 0 Å². The Morgan fingerprint density at radius 3 is 2.70 bits per heavy atom. The van der Waals surface area contributed by atoms with E-state index >= 15 is 0 Å². The molecule has 0 radical (unpaired) electrons. The first kappa shape index (κ1) is 13.6. The van der Waals surface area contributed by atoms with Gasteiger partial charge in [0.25, 0.3) is 0 Å². The van der Waals surface area contributed by atoms with E-state index in [0.717, 1.165) is 38.9 Å². The Hall–Kier alpha value is -1.39. The Morgan fingerprint density at radius 1 is 1.20 bits per heavy atom. The summed E-state index contributed by atoms with van der Waals surface area (Å²) < 4.78 is 11.4. The minimum atomic E-state index is -0.152. The molecule has 1 atom stereocenters. The van der Waals surface area contributed by atoms with Crippen molar-refractivity contribution in [2.75, 3.05) is 25.6 Å². The molecular weight excluding hydrogens is 254 g/mol. The maximum atomic E-state index is 12.7. The average Bonchev–Trinajstić information content (AvgIpc) is 2.48. The fourth-order valence-corrected chi connectivity index (χ4v) is 3.28. The number of hydrogen-bond donors (Lipinski definition) is 1. The lowest BCUT2D eigenvalue weighted by Crippen LogP contribution is -2.46. The molecule has 0 bridgehead atoms. The van der Waals surface area contributed by atoms with Crippen LogP contribution in [0.15, 0.2) is 24.3 Å². The van der Waals surface area contributed by atoms with Crippen LogP contribution < -0.4 is 5.73 Å². The van der Waals surface area contributed by atoms with Crippen molar-refractivity contribution in [3.05, 3.63) is 29.8 Å². The maximum Gasteiger partial charge on any atom is 0.168 e. The molecule has 2 aliphatic heterocycles. The summed E-state index contributed by atoms with van der Waals surface area (Å²) >= 11 is 0. The number of carbonyl (C=O) groups excluding carboxylic acids is 1. The van der Waals surface area contributed by atoms with Crippen molar-refractivity contribution in [3.63, 3.8) is 0 Å². The Labute approximate surface area is 119 Å². The van der Waals surface area contributed by atoms with Crippen LogP contribution in [0.3, 0.4) is 0 Å². The van der Waals surface area contributed by atoms with Gasteiger partial charge in [0, 0.05) is 37.0 Å². The van der Waals surface area contributed by atoms with Gasteiger partial charge in [-0.1, -0.05) is 12.1 Å². The molecule has 2 saturated heterocycles. The number of benzene rings is 1. The normalized spacial score (nSPS) is 25.5. The van der Waals surface area contributed by atoms with Crippen molar-refractivity contribution >= 4 is 11.5 Å². The van der Waals surface area contributed by atoms with Gasteiger partial charge in [0.15, 0.2) is 5.78 Å². The van der Waals surface area contributed by atoms with Gasteiger partial charge in [-0.25, -0.2) is 0 Å². The zero-order chi connectivity index (χ0) is 14.0. The number of rotatable bonds is 2. The number of anilines is 1. The van der Waals surface area contributed by atoms with Crippen molar-refractivity contribution in [3.8, 4) is 0 Å². The number of nitrogen functional groups attached to an aromatic ring is 1. The second-order valence-electron chi connectivity index (χ2n) is 5.79. The number of nitrogens with two attached hydrogens (primary N) is 1. The van der Waals surface area contributed by atoms with Crippen LogP contribution in [0, 0.1) is 5.92 Å². The molecule has 0 amide bonds. The number of ether oxygens (including phenoxy) is 2. The lowest BCUT2D eigenvalue weighted by molar-refractivity contribution is -0.142. The third kappa shape index (κ3) is 2.58. The zero-order valence-corrected chi connectivity index (χ0v) is 11.6. The first-order chi connectivity index (χ1) is 9.70. The van der Waals surface area contributed by atoms with Gasteiger partial charge in [-0.2, -0.15) is 0 Å². The highest BCUT2D eigenvalue weighted by atomic mass is 16.5. The zero-order valence-electron chi connectivity index (χ0n) is 11.6. The van der Waals surface area contributed by atoms with Crippen LogP contribution in [0.4, 0.5) is 5.69 Å². The number of para-hydroxylation sites is 1. The molecule has 2 fully saturated rings. The first-order valence-corrected chi connectivity index (χ1v) is 7.31. The van der Waals surface area contributed by atoms with Crippen LogP contribution in [0.5, 0.6) is 0 Å². The van der Waals surface area contributed by atoms with Gasteiger partial charge in [-0.15, -0.1) is 0 Å². The van der Waals surface area contributed by atoms with Crippen LogP contribution in [0.1, 0.15) is 36.0 Å². The summed E-state index contributed by atoms with van der Waals surface area (Å²) in [5, 5.41) is 0. The monoisotopic (exact) mass is 275 g/mol. The number of hydrogen-bond acceptors (Lipinski definition) is 4. The molecule has 108 valence electrons. The van der Waals surface area contributed by atoms with Gasteiger partial charge >= 0.3 is 0 Å². The Bertz CT molecular complexity index is 489. The number of ketones is 1. The van der Waals surface area contributed by atoms with Crippen molar-refractivity contribution < 1.29 is 14.3 Å². The highest BCUT2D eigenvalue weighted by Gasteiger charge is 2.41. The Kier molecular flexibility index (Phi) is 3.76. The summed E-state index contributed by atoms with van der Waals surface area (Å²) in [7, 11) is 0. The van der Waals surface area contributed by atoms with Crippen LogP contribution in [0.2, 0.25) is 0 Å². The van der Waals surface area contributed by atoms with E-state index in [1.54, 1.807) is 6.07 Å². The average molecular weight is 275 g/mol. The van der Waals surface area contributed by atoms with Gasteiger partial charge in [0.2, 0.25) is 0 Å². The molecule has 3 rings (SSSR count). The van der Waals surface area contributed by atoms with Crippen molar-refractivity contribution in [1.29, 1.82) is 0 Å². The Balaban J connectivity index is 1.77. The van der Waals surface area contributed by atoms with E-state index in [9.17, 15) is 4.79 Å². The minimum Gasteiger partial charge on any atom is -0.398 e. The van der Waals surface area contributed by atoms with E-state index < -0.39 is 0 Å². The third-order valence-electron chi connectivity index (χ3n) is 4.49. The van der Waals surface area contributed by atoms with Crippen LogP contribution >= 0.6 is 0 Å². The van der Waals surface area contributed by atoms with Crippen LogP contribution in [0.25, 0.3) is 0 Å². The van der Waals surface area contributed by atoms with Gasteiger partial charge in [0.1, 0.15) is 0 Å². The molecule has 4 nitrogen and oxygen atoms in total. The lowest BCUT2D eigenvalue weighted by Gasteiger charge is -2.43. The lowest BCUT2D eigenvalue weighted by atomic mass is 9.78. The molecule has 1 spiro atoms. The second-order valence-corrected chi connectivity index (χ2v) is 5.79. The maximum absolute atomic E-state index is 12.7. The summed E-state index contributed by atoms with van der Waals surface area (Å²) in [6.07, 6.45) is 3.36. The predicted molar refractivity (Wildman–Crippen MR) is 76.6 cm³/mol. The molecule has 1 unspecified atom stereocenters. The van der Waals surface area contributed by atoms with E-state index in [4.69, 9.17) is 15.2 Å². The summed E-state index contributed by atoms with van der Waals surface area (Å²) in [5.74, 6) is 0.184. The van der Waals surface area contributed by atoms with Crippen LogP contribution in [-0.2, 0) is 9.47 Å². The molecule has 4 heteroatoms. The summed E-state index contributed by atoms with van der Waals surface area (Å²) in [6.45, 7) is 2.12. The third-order valence-corrected chi connectivity index (χ3v) is 4.49. The van der Waals surface area contributed by atoms with Gasteiger partial charge in [-0.3, -0.25) is 4.79 Å². The van der Waals surface area contributed by atoms with Gasteiger partial charge in [-0.05, 0) is 37.8 Å². The minimum absolute atomic E-state index is 0.0200. The quantitative estimate of drug-likeness (QED) is 0.665. The summed E-state index contributed by atoms with van der Waals surface area (Å²) in [6, 6.07) is 7.34.